The summed E-state index contributed by atoms with van der Waals surface area (Å²) >= 11 is 0. The zero-order valence-electron chi connectivity index (χ0n) is 6.11. The first-order chi connectivity index (χ1) is 4.61. The molecule has 0 fully saturated rings. The molecular weight excluding hydrogens is 157 g/mol. The summed E-state index contributed by atoms with van der Waals surface area (Å²) in [4.78, 5) is 0.0370. The van der Waals surface area contributed by atoms with Gasteiger partial charge in [0.1, 0.15) is 0 Å². The van der Waals surface area contributed by atoms with Gasteiger partial charge in [0.25, 0.3) is 0 Å². The van der Waals surface area contributed by atoms with Gasteiger partial charge in [-0.15, -0.1) is 0 Å². The van der Waals surface area contributed by atoms with Gasteiger partial charge in [0, 0.05) is 4.90 Å². The molecule has 0 saturated heterocycles. The number of hydrogen-bond acceptors (Lipinski definition) is 2. The monoisotopic (exact) mass is 163 g/mol. The van der Waals surface area contributed by atoms with E-state index in [1.165, 1.54) is 12.1 Å². The molecule has 0 unspecified atom stereocenters. The van der Waals surface area contributed by atoms with Crippen LogP contribution in [0.15, 0.2) is 35.2 Å². The van der Waals surface area contributed by atoms with Crippen LogP contribution in [0.4, 0.5) is 0 Å². The van der Waals surface area contributed by atoms with E-state index in [1.807, 2.05) is 0 Å². The molecule has 1 aromatic rings. The number of sulfonamides is 1. The predicted octanol–water partition coefficient (Wildman–Crippen LogP) is -1.57. The summed E-state index contributed by atoms with van der Waals surface area (Å²) in [5, 5.41) is 6.65. The van der Waals surface area contributed by atoms with Crippen LogP contribution in [0.5, 0.6) is 0 Å². The third-order valence-electron chi connectivity index (χ3n) is 1.05. The van der Waals surface area contributed by atoms with Crippen molar-refractivity contribution in [2.45, 2.75) is 4.90 Å². The van der Waals surface area contributed by atoms with Crippen molar-refractivity contribution in [2.24, 2.45) is 0 Å². The fourth-order valence-electron chi connectivity index (χ4n) is 0.600. The normalized spacial score (nSPS) is 10.3. The Balaban J connectivity index is 0.000001000. The molecule has 0 aliphatic rings. The molecule has 0 atom stereocenters. The molecule has 0 aliphatic heterocycles. The summed E-state index contributed by atoms with van der Waals surface area (Å²) in [5.41, 5.74) is 0. The third-order valence-corrected chi connectivity index (χ3v) is 1.95. The van der Waals surface area contributed by atoms with Gasteiger partial charge in [0.05, 0.1) is 10.0 Å². The van der Waals surface area contributed by atoms with Crippen molar-refractivity contribution in [3.63, 3.8) is 0 Å². The summed E-state index contributed by atoms with van der Waals surface area (Å²) in [6, 6.07) is 7.65. The Kier molecular flexibility index (Phi) is 3.83. The topological polar surface area (TPSA) is 57.9 Å². The Bertz CT molecular complexity index is 309. The number of hydrogen-bond donors (Lipinski definition) is 0. The van der Waals surface area contributed by atoms with Gasteiger partial charge < -0.3 is 5.14 Å². The summed E-state index contributed by atoms with van der Waals surface area (Å²) in [6.45, 7) is 0. The fraction of sp³-hybridized carbons (Fsp3) is 0. The van der Waals surface area contributed by atoms with Crippen molar-refractivity contribution in [3.05, 3.63) is 35.5 Å². The van der Waals surface area contributed by atoms with Gasteiger partial charge in [-0.2, -0.15) is 0 Å². The van der Waals surface area contributed by atoms with E-state index in [2.05, 4.69) is 0 Å². The average Bonchev–Trinajstić information content (AvgIpc) is 1.88. The molecule has 0 radical (unpaired) electrons. The summed E-state index contributed by atoms with van der Waals surface area (Å²) in [6.07, 6.45) is 0. The van der Waals surface area contributed by atoms with Crippen molar-refractivity contribution < 1.29 is 27.3 Å². The van der Waals surface area contributed by atoms with E-state index in [1.54, 1.807) is 18.2 Å². The second-order valence-corrected chi connectivity index (χ2v) is 3.29. The SMILES string of the molecule is [Li+].[NH-]S(=O)(=O)c1ccccc1. The average molecular weight is 163 g/mol. The van der Waals surface area contributed by atoms with Gasteiger partial charge in [-0.1, -0.05) is 18.2 Å². The van der Waals surface area contributed by atoms with Gasteiger partial charge in [-0.25, -0.2) is 8.42 Å². The minimum absolute atomic E-state index is 0. The molecule has 0 heterocycles. The largest absolute Gasteiger partial charge is 1.00 e. The molecule has 11 heavy (non-hydrogen) atoms. The van der Waals surface area contributed by atoms with Crippen LogP contribution in [-0.2, 0) is 10.0 Å². The minimum Gasteiger partial charge on any atom is -0.560 e. The summed E-state index contributed by atoms with van der Waals surface area (Å²) in [5.74, 6) is 0. The van der Waals surface area contributed by atoms with E-state index < -0.39 is 10.0 Å². The minimum atomic E-state index is -3.75. The first-order valence-electron chi connectivity index (χ1n) is 2.65. The maximum Gasteiger partial charge on any atom is 1.00 e. The first kappa shape index (κ1) is 10.7. The van der Waals surface area contributed by atoms with E-state index in [-0.39, 0.29) is 23.8 Å². The fourth-order valence-corrected chi connectivity index (χ4v) is 1.12. The van der Waals surface area contributed by atoms with E-state index in [0.717, 1.165) is 0 Å². The van der Waals surface area contributed by atoms with E-state index in [9.17, 15) is 8.42 Å². The van der Waals surface area contributed by atoms with Gasteiger partial charge in [0.2, 0.25) is 0 Å². The molecule has 1 rings (SSSR count). The van der Waals surface area contributed by atoms with Crippen molar-refractivity contribution in [3.8, 4) is 0 Å². The second kappa shape index (κ2) is 3.93. The smallest absolute Gasteiger partial charge is 0.560 e. The van der Waals surface area contributed by atoms with Gasteiger partial charge in [-0.3, -0.25) is 0 Å². The Hall–Kier alpha value is -0.273. The van der Waals surface area contributed by atoms with Crippen LogP contribution < -0.4 is 18.9 Å². The molecule has 0 amide bonds. The van der Waals surface area contributed by atoms with Gasteiger partial charge in [-0.05, 0) is 12.1 Å². The number of nitrogens with one attached hydrogen (secondary N) is 1. The van der Waals surface area contributed by atoms with Gasteiger partial charge in [0.15, 0.2) is 0 Å². The quantitative estimate of drug-likeness (QED) is 0.470. The third kappa shape index (κ3) is 3.08. The van der Waals surface area contributed by atoms with Crippen molar-refractivity contribution in [1.82, 2.24) is 0 Å². The molecule has 3 nitrogen and oxygen atoms in total. The van der Waals surface area contributed by atoms with E-state index >= 15 is 0 Å². The Morgan fingerprint density at radius 3 is 1.82 bits per heavy atom. The zero-order valence-corrected chi connectivity index (χ0v) is 6.93. The standard InChI is InChI=1S/C6H6NO2S.Li/c7-10(8,9)6-4-2-1-3-5-6;/h1-5H,(H-,7,8,9);/q-1;+1. The molecular formula is C6H6LiNO2S. The molecule has 1 aromatic carbocycles. The zero-order chi connectivity index (χ0) is 7.61. The summed E-state index contributed by atoms with van der Waals surface area (Å²) < 4.78 is 21.0. The molecule has 54 valence electrons. The maximum atomic E-state index is 10.5. The molecule has 5 heteroatoms. The van der Waals surface area contributed by atoms with Crippen LogP contribution in [-0.4, -0.2) is 8.42 Å². The number of rotatable bonds is 1. The van der Waals surface area contributed by atoms with Crippen LogP contribution in [0.1, 0.15) is 0 Å². The molecule has 0 spiro atoms. The van der Waals surface area contributed by atoms with E-state index in [4.69, 9.17) is 5.14 Å². The van der Waals surface area contributed by atoms with Crippen LogP contribution >= 0.6 is 0 Å². The molecule has 0 aliphatic carbocycles. The Morgan fingerprint density at radius 1 is 1.09 bits per heavy atom. The Labute approximate surface area is 77.8 Å². The molecule has 0 aromatic heterocycles. The second-order valence-electron chi connectivity index (χ2n) is 1.82. The Morgan fingerprint density at radius 2 is 1.55 bits per heavy atom. The predicted molar refractivity (Wildman–Crippen MR) is 37.9 cm³/mol. The van der Waals surface area contributed by atoms with Crippen molar-refractivity contribution in [2.75, 3.05) is 0 Å². The van der Waals surface area contributed by atoms with Crippen LogP contribution in [0, 0.1) is 0 Å². The van der Waals surface area contributed by atoms with Gasteiger partial charge >= 0.3 is 18.9 Å². The first-order valence-corrected chi connectivity index (χ1v) is 4.14. The van der Waals surface area contributed by atoms with Crippen LogP contribution in [0.3, 0.4) is 0 Å². The van der Waals surface area contributed by atoms with E-state index in [0.29, 0.717) is 0 Å². The van der Waals surface area contributed by atoms with Crippen LogP contribution in [0.2, 0.25) is 0 Å². The van der Waals surface area contributed by atoms with Crippen molar-refractivity contribution >= 4 is 10.0 Å². The van der Waals surface area contributed by atoms with Crippen LogP contribution in [0.25, 0.3) is 5.14 Å². The molecule has 0 saturated carbocycles. The molecule has 1 N–H and O–H groups in total. The van der Waals surface area contributed by atoms with Crippen molar-refractivity contribution in [1.29, 1.82) is 0 Å². The summed E-state index contributed by atoms with van der Waals surface area (Å²) in [7, 11) is -3.75. The number of benzene rings is 1. The maximum absolute atomic E-state index is 10.5. The molecule has 0 bridgehead atoms.